The Morgan fingerprint density at radius 2 is 2.31 bits per heavy atom. The van der Waals surface area contributed by atoms with Gasteiger partial charge in [-0.3, -0.25) is 15.3 Å². The summed E-state index contributed by atoms with van der Waals surface area (Å²) in [4.78, 5) is 17.9. The van der Waals surface area contributed by atoms with E-state index in [1.165, 1.54) is 0 Å². The SMILES string of the molecule is CC1(C2N=CNC(=NCCNC3CC=CC=N3)N2)C=C(OCCCCO)N=CC1. The van der Waals surface area contributed by atoms with Crippen LogP contribution in [0.25, 0.3) is 0 Å². The van der Waals surface area contributed by atoms with Gasteiger partial charge in [0.1, 0.15) is 12.3 Å². The number of aliphatic hydroxyl groups excluding tert-OH is 1. The number of nitrogens with one attached hydrogen (secondary N) is 3. The molecule has 4 N–H and O–H groups in total. The van der Waals surface area contributed by atoms with Gasteiger partial charge in [0.05, 0.1) is 19.5 Å². The van der Waals surface area contributed by atoms with Gasteiger partial charge in [-0.15, -0.1) is 0 Å². The lowest BCUT2D eigenvalue weighted by Crippen LogP contribution is -2.53. The zero-order valence-electron chi connectivity index (χ0n) is 16.9. The second kappa shape index (κ2) is 10.9. The average Bonchev–Trinajstić information content (AvgIpc) is 2.75. The molecule has 0 bridgehead atoms. The Morgan fingerprint density at radius 1 is 1.38 bits per heavy atom. The summed E-state index contributed by atoms with van der Waals surface area (Å²) in [5.74, 6) is 1.32. The van der Waals surface area contributed by atoms with Crippen molar-refractivity contribution < 1.29 is 9.84 Å². The molecular weight excluding hydrogens is 370 g/mol. The van der Waals surface area contributed by atoms with Gasteiger partial charge < -0.3 is 20.5 Å². The molecule has 0 aromatic carbocycles. The number of unbranched alkanes of at least 4 members (excludes halogenated alkanes) is 1. The van der Waals surface area contributed by atoms with E-state index in [4.69, 9.17) is 9.84 Å². The highest BCUT2D eigenvalue weighted by molar-refractivity contribution is 5.92. The summed E-state index contributed by atoms with van der Waals surface area (Å²) in [5, 5.41) is 18.7. The molecule has 3 aliphatic rings. The Bertz CT molecular complexity index is 714. The molecule has 3 rings (SSSR count). The second-order valence-electron chi connectivity index (χ2n) is 7.41. The van der Waals surface area contributed by atoms with Gasteiger partial charge >= 0.3 is 0 Å². The first-order valence-electron chi connectivity index (χ1n) is 10.2. The summed E-state index contributed by atoms with van der Waals surface area (Å²) >= 11 is 0. The van der Waals surface area contributed by atoms with E-state index in [9.17, 15) is 0 Å². The van der Waals surface area contributed by atoms with Crippen molar-refractivity contribution in [3.63, 3.8) is 0 Å². The first-order chi connectivity index (χ1) is 14.2. The van der Waals surface area contributed by atoms with Crippen LogP contribution in [0, 0.1) is 5.41 Å². The van der Waals surface area contributed by atoms with Crippen LogP contribution >= 0.6 is 0 Å². The Morgan fingerprint density at radius 3 is 3.14 bits per heavy atom. The van der Waals surface area contributed by atoms with E-state index in [0.717, 1.165) is 32.2 Å². The predicted octanol–water partition coefficient (Wildman–Crippen LogP) is 0.947. The molecule has 158 valence electrons. The molecule has 9 nitrogen and oxygen atoms in total. The fourth-order valence-electron chi connectivity index (χ4n) is 3.20. The van der Waals surface area contributed by atoms with Crippen molar-refractivity contribution in [2.75, 3.05) is 26.3 Å². The molecule has 9 heteroatoms. The summed E-state index contributed by atoms with van der Waals surface area (Å²) in [6.45, 7) is 4.24. The maximum absolute atomic E-state index is 8.87. The summed E-state index contributed by atoms with van der Waals surface area (Å²) in [6.07, 6.45) is 14.7. The van der Waals surface area contributed by atoms with Crippen molar-refractivity contribution in [3.05, 3.63) is 24.1 Å². The molecule has 3 atom stereocenters. The number of allylic oxidation sites excluding steroid dienone is 1. The van der Waals surface area contributed by atoms with E-state index >= 15 is 0 Å². The number of aliphatic imine (C=N–C) groups is 4. The minimum absolute atomic E-state index is 0.142. The molecule has 0 spiro atoms. The Labute approximate surface area is 171 Å². The van der Waals surface area contributed by atoms with Crippen molar-refractivity contribution in [3.8, 4) is 0 Å². The van der Waals surface area contributed by atoms with Crippen LogP contribution < -0.4 is 16.0 Å². The van der Waals surface area contributed by atoms with Gasteiger partial charge in [0.2, 0.25) is 5.88 Å². The Balaban J connectivity index is 1.49. The Hall–Kier alpha value is -2.52. The third-order valence-electron chi connectivity index (χ3n) is 4.94. The monoisotopic (exact) mass is 401 g/mol. The van der Waals surface area contributed by atoms with Gasteiger partial charge in [0, 0.05) is 37.4 Å². The van der Waals surface area contributed by atoms with Crippen LogP contribution in [0.3, 0.4) is 0 Å². The summed E-state index contributed by atoms with van der Waals surface area (Å²) < 4.78 is 5.74. The maximum Gasteiger partial charge on any atom is 0.209 e. The van der Waals surface area contributed by atoms with E-state index < -0.39 is 0 Å². The topological polar surface area (TPSA) is 115 Å². The Kier molecular flexibility index (Phi) is 7.94. The lowest BCUT2D eigenvalue weighted by molar-refractivity contribution is 0.180. The van der Waals surface area contributed by atoms with Crippen LogP contribution in [0.15, 0.2) is 44.1 Å². The molecule has 3 unspecified atom stereocenters. The molecule has 0 amide bonds. The molecule has 0 aromatic rings. The largest absolute Gasteiger partial charge is 0.478 e. The average molecular weight is 402 g/mol. The molecule has 0 aromatic heterocycles. The van der Waals surface area contributed by atoms with Gasteiger partial charge in [-0.1, -0.05) is 13.0 Å². The molecule has 0 radical (unpaired) electrons. The molecule has 29 heavy (non-hydrogen) atoms. The minimum Gasteiger partial charge on any atom is -0.478 e. The smallest absolute Gasteiger partial charge is 0.209 e. The number of aliphatic hydroxyl groups is 1. The number of rotatable bonds is 10. The van der Waals surface area contributed by atoms with Crippen LogP contribution in [-0.4, -0.2) is 68.5 Å². The van der Waals surface area contributed by atoms with Crippen molar-refractivity contribution in [1.82, 2.24) is 16.0 Å². The fourth-order valence-corrected chi connectivity index (χ4v) is 3.20. The number of hydrogen-bond donors (Lipinski definition) is 4. The zero-order chi connectivity index (χ0) is 20.4. The van der Waals surface area contributed by atoms with E-state index in [-0.39, 0.29) is 24.4 Å². The zero-order valence-corrected chi connectivity index (χ0v) is 16.9. The highest BCUT2D eigenvalue weighted by Crippen LogP contribution is 2.33. The van der Waals surface area contributed by atoms with Gasteiger partial charge in [0.15, 0.2) is 5.96 Å². The number of dihydropyridines is 1. The number of guanidine groups is 1. The third kappa shape index (κ3) is 6.50. The van der Waals surface area contributed by atoms with E-state index in [0.29, 0.717) is 25.0 Å². The lowest BCUT2D eigenvalue weighted by atomic mass is 9.82. The van der Waals surface area contributed by atoms with Gasteiger partial charge in [-0.05, 0) is 31.4 Å². The first-order valence-corrected chi connectivity index (χ1v) is 10.2. The van der Waals surface area contributed by atoms with Crippen LogP contribution in [0.4, 0.5) is 0 Å². The standard InChI is InChI=1S/C20H31N7O2/c1-20(7-9-23-17(14-20)29-13-5-4-12-28)18-25-15-26-19(27-18)24-11-10-22-16-6-2-3-8-21-16/h2-3,8-9,14-16,18,22,28H,4-7,10-13H2,1H3,(H2,24,25,26,27). The summed E-state index contributed by atoms with van der Waals surface area (Å²) in [7, 11) is 0. The van der Waals surface area contributed by atoms with E-state index in [1.54, 1.807) is 6.34 Å². The minimum atomic E-state index is -0.269. The van der Waals surface area contributed by atoms with Crippen LogP contribution in [0.2, 0.25) is 0 Å². The number of hydrogen-bond acceptors (Lipinski definition) is 7. The molecule has 0 fully saturated rings. The second-order valence-corrected chi connectivity index (χ2v) is 7.41. The quantitative estimate of drug-likeness (QED) is 0.407. The first kappa shape index (κ1) is 21.2. The molecule has 0 aliphatic carbocycles. The lowest BCUT2D eigenvalue weighted by Gasteiger charge is -2.36. The molecule has 3 heterocycles. The highest BCUT2D eigenvalue weighted by atomic mass is 16.5. The molecule has 0 saturated carbocycles. The normalized spacial score (nSPS) is 29.4. The van der Waals surface area contributed by atoms with Crippen molar-refractivity contribution in [2.24, 2.45) is 25.4 Å². The fraction of sp³-hybridized carbons (Fsp3) is 0.600. The highest BCUT2D eigenvalue weighted by Gasteiger charge is 2.36. The molecule has 3 aliphatic heterocycles. The van der Waals surface area contributed by atoms with E-state index in [2.05, 4.69) is 48.9 Å². The van der Waals surface area contributed by atoms with Crippen LogP contribution in [-0.2, 0) is 4.74 Å². The van der Waals surface area contributed by atoms with Crippen molar-refractivity contribution in [1.29, 1.82) is 0 Å². The summed E-state index contributed by atoms with van der Waals surface area (Å²) in [5.41, 5.74) is -0.269. The van der Waals surface area contributed by atoms with Gasteiger partial charge in [0.25, 0.3) is 0 Å². The van der Waals surface area contributed by atoms with Crippen LogP contribution in [0.5, 0.6) is 0 Å². The predicted molar refractivity (Wildman–Crippen MR) is 116 cm³/mol. The molecular formula is C20H31N7O2. The number of nitrogens with zero attached hydrogens (tertiary/aromatic N) is 4. The number of ether oxygens (including phenoxy) is 1. The van der Waals surface area contributed by atoms with Crippen molar-refractivity contribution >= 4 is 24.7 Å². The molecule has 0 saturated heterocycles. The van der Waals surface area contributed by atoms with Crippen LogP contribution in [0.1, 0.15) is 32.6 Å². The third-order valence-corrected chi connectivity index (χ3v) is 4.94. The van der Waals surface area contributed by atoms with E-state index in [1.807, 2.05) is 24.6 Å². The maximum atomic E-state index is 8.87. The van der Waals surface area contributed by atoms with Gasteiger partial charge in [-0.25, -0.2) is 9.98 Å². The van der Waals surface area contributed by atoms with Crippen molar-refractivity contribution in [2.45, 2.75) is 44.9 Å². The summed E-state index contributed by atoms with van der Waals surface area (Å²) in [6, 6.07) is 0. The van der Waals surface area contributed by atoms with Gasteiger partial charge in [-0.2, -0.15) is 0 Å².